The van der Waals surface area contributed by atoms with Gasteiger partial charge >= 0.3 is 0 Å². The van der Waals surface area contributed by atoms with E-state index in [0.717, 1.165) is 71.6 Å². The van der Waals surface area contributed by atoms with Crippen LogP contribution in [0.15, 0.2) is 60.7 Å². The number of carbonyl (C=O) groups excluding carboxylic acids is 2. The summed E-state index contributed by atoms with van der Waals surface area (Å²) >= 11 is 0. The molecule has 2 N–H and O–H groups in total. The minimum absolute atomic E-state index is 0.0627. The summed E-state index contributed by atoms with van der Waals surface area (Å²) < 4.78 is 0. The maximum atomic E-state index is 11.0. The van der Waals surface area contributed by atoms with E-state index < -0.39 is 0 Å². The number of hydrogen-bond acceptors (Lipinski definition) is 4. The fourth-order valence-electron chi connectivity index (χ4n) is 6.30. The lowest BCUT2D eigenvalue weighted by Crippen LogP contribution is -2.03. The first-order valence-corrected chi connectivity index (χ1v) is 15.5. The third-order valence-corrected chi connectivity index (χ3v) is 9.46. The van der Waals surface area contributed by atoms with Crippen LogP contribution in [0.2, 0.25) is 0 Å². The number of nitrogens with one attached hydrogen (secondary N) is 2. The molecule has 2 aliphatic rings. The number of carbonyl (C=O) groups is 2. The lowest BCUT2D eigenvalue weighted by Gasteiger charge is -2.17. The number of fused-ring (bicyclic) bond motifs is 8. The number of aromatic amines is 2. The van der Waals surface area contributed by atoms with E-state index in [1.807, 2.05) is 0 Å². The van der Waals surface area contributed by atoms with E-state index in [0.29, 0.717) is 0 Å². The van der Waals surface area contributed by atoms with E-state index in [2.05, 4.69) is 70.6 Å². The van der Waals surface area contributed by atoms with Crippen LogP contribution in [0.5, 0.6) is 0 Å². The van der Waals surface area contributed by atoms with Gasteiger partial charge < -0.3 is 9.97 Å². The Morgan fingerprint density at radius 1 is 0.575 bits per heavy atom. The highest BCUT2D eigenvalue weighted by Crippen LogP contribution is 2.38. The Bertz CT molecular complexity index is 1880. The van der Waals surface area contributed by atoms with Crippen LogP contribution in [0.3, 0.4) is 0 Å². The molecule has 2 unspecified atom stereocenters. The van der Waals surface area contributed by atoms with Crippen molar-refractivity contribution in [3.8, 4) is 33.6 Å². The van der Waals surface area contributed by atoms with Crippen molar-refractivity contribution in [2.75, 3.05) is 0 Å². The molecule has 2 aromatic heterocycles. The standard InChI is InChI=1S/C32H24N4O2P2/c37-15-39-31-33-27-7-5-21-11-23-9-17(1-3-19(23)13-25(21)29(27)35-31)18-2-4-20-14-26-22(12-24(20)10-18)6-8-28-30(26)36-32(34-28)40-16-38/h1-4,9-16,39-40H,5-8H2,(H,33,35)(H,34,36). The van der Waals surface area contributed by atoms with Crippen molar-refractivity contribution in [1.82, 2.24) is 19.9 Å². The molecule has 6 aromatic rings. The third kappa shape index (κ3) is 3.86. The molecule has 6 nitrogen and oxygen atoms in total. The van der Waals surface area contributed by atoms with Crippen molar-refractivity contribution < 1.29 is 9.59 Å². The quantitative estimate of drug-likeness (QED) is 0.212. The van der Waals surface area contributed by atoms with Crippen LogP contribution >= 0.6 is 17.2 Å². The molecule has 0 fully saturated rings. The zero-order chi connectivity index (χ0) is 26.8. The molecule has 4 aromatic carbocycles. The van der Waals surface area contributed by atoms with E-state index in [1.165, 1.54) is 54.9 Å². The molecule has 40 heavy (non-hydrogen) atoms. The lowest BCUT2D eigenvalue weighted by atomic mass is 9.88. The highest BCUT2D eigenvalue weighted by atomic mass is 31.1. The Hall–Kier alpha value is -3.98. The van der Waals surface area contributed by atoms with Crippen LogP contribution in [0.1, 0.15) is 22.5 Å². The SMILES string of the molecule is O=CPc1nc2c([nH]1)CCc1cc3cc(-c4ccc5cc6c(cc5c4)CCc4[nH]c(PC=O)nc4-6)ccc3cc1-2. The number of nitrogens with zero attached hydrogens (tertiary/aromatic N) is 2. The Kier molecular flexibility index (Phi) is 5.55. The van der Waals surface area contributed by atoms with E-state index >= 15 is 0 Å². The van der Waals surface area contributed by atoms with Crippen molar-refractivity contribution in [2.24, 2.45) is 0 Å². The predicted molar refractivity (Wildman–Crippen MR) is 166 cm³/mol. The van der Waals surface area contributed by atoms with E-state index in [-0.39, 0.29) is 17.2 Å². The monoisotopic (exact) mass is 558 g/mol. The van der Waals surface area contributed by atoms with Gasteiger partial charge in [-0.3, -0.25) is 9.59 Å². The summed E-state index contributed by atoms with van der Waals surface area (Å²) in [5.41, 5.74) is 13.2. The van der Waals surface area contributed by atoms with Crippen LogP contribution in [0, 0.1) is 0 Å². The van der Waals surface area contributed by atoms with Crippen LogP contribution in [-0.4, -0.2) is 32.0 Å². The highest BCUT2D eigenvalue weighted by molar-refractivity contribution is 7.62. The molecule has 0 spiro atoms. The number of aromatic nitrogens is 4. The van der Waals surface area contributed by atoms with Crippen LogP contribution < -0.4 is 11.1 Å². The largest absolute Gasteiger partial charge is 0.341 e. The molecule has 0 saturated carbocycles. The van der Waals surface area contributed by atoms with Gasteiger partial charge in [-0.1, -0.05) is 36.4 Å². The third-order valence-electron chi connectivity index (χ3n) is 8.21. The summed E-state index contributed by atoms with van der Waals surface area (Å²) in [7, 11) is 0.125. The van der Waals surface area contributed by atoms with E-state index in [9.17, 15) is 9.59 Å². The second-order valence-electron chi connectivity index (χ2n) is 10.5. The maximum Gasteiger partial charge on any atom is 0.146 e. The number of rotatable bonds is 5. The van der Waals surface area contributed by atoms with Crippen molar-refractivity contribution in [3.05, 3.63) is 83.2 Å². The number of hydrogen-bond donors (Lipinski definition) is 2. The molecule has 0 saturated heterocycles. The molecule has 2 aliphatic carbocycles. The van der Waals surface area contributed by atoms with Crippen molar-refractivity contribution in [3.63, 3.8) is 0 Å². The van der Waals surface area contributed by atoms with Crippen molar-refractivity contribution in [1.29, 1.82) is 0 Å². The predicted octanol–water partition coefficient (Wildman–Crippen LogP) is 5.63. The number of aryl methyl sites for hydroxylation is 4. The summed E-state index contributed by atoms with van der Waals surface area (Å²) in [5, 5.41) is 4.84. The first-order chi connectivity index (χ1) is 19.7. The van der Waals surface area contributed by atoms with Gasteiger partial charge in [0.15, 0.2) is 0 Å². The minimum atomic E-state index is 0.0627. The molecule has 2 atom stereocenters. The Labute approximate surface area is 233 Å². The molecule has 2 heterocycles. The van der Waals surface area contributed by atoms with Crippen LogP contribution in [0.25, 0.3) is 55.2 Å². The van der Waals surface area contributed by atoms with Gasteiger partial charge in [0.1, 0.15) is 23.2 Å². The van der Waals surface area contributed by atoms with Gasteiger partial charge in [-0.05, 0) is 93.7 Å². The molecule has 194 valence electrons. The van der Waals surface area contributed by atoms with E-state index in [1.54, 1.807) is 0 Å². The molecule has 8 rings (SSSR count). The topological polar surface area (TPSA) is 91.5 Å². The van der Waals surface area contributed by atoms with Gasteiger partial charge in [-0.25, -0.2) is 9.97 Å². The van der Waals surface area contributed by atoms with Crippen molar-refractivity contribution in [2.45, 2.75) is 25.7 Å². The molecular weight excluding hydrogens is 534 g/mol. The van der Waals surface area contributed by atoms with Gasteiger partial charge in [-0.2, -0.15) is 0 Å². The number of benzene rings is 4. The summed E-state index contributed by atoms with van der Waals surface area (Å²) in [6.45, 7) is 0. The zero-order valence-corrected chi connectivity index (χ0v) is 23.5. The average Bonchev–Trinajstić information content (AvgIpc) is 3.59. The van der Waals surface area contributed by atoms with Gasteiger partial charge in [0.2, 0.25) is 0 Å². The average molecular weight is 559 g/mol. The Balaban J connectivity index is 1.16. The first kappa shape index (κ1) is 23.9. The molecule has 0 aliphatic heterocycles. The minimum Gasteiger partial charge on any atom is -0.341 e. The molecule has 0 bridgehead atoms. The summed E-state index contributed by atoms with van der Waals surface area (Å²) in [6, 6.07) is 24.4. The molecular formula is C32H24N4O2P2. The zero-order valence-electron chi connectivity index (χ0n) is 21.5. The second-order valence-corrected chi connectivity index (χ2v) is 12.5. The van der Waals surface area contributed by atoms with Gasteiger partial charge in [0.05, 0.1) is 11.4 Å². The van der Waals surface area contributed by atoms with Gasteiger partial charge in [0, 0.05) is 39.7 Å². The maximum absolute atomic E-state index is 11.0. The summed E-state index contributed by atoms with van der Waals surface area (Å²) in [4.78, 5) is 38.2. The molecule has 0 radical (unpaired) electrons. The number of H-pyrrole nitrogens is 2. The normalized spacial score (nSPS) is 14.1. The summed E-state index contributed by atoms with van der Waals surface area (Å²) in [6.07, 6.45) is 3.75. The highest BCUT2D eigenvalue weighted by Gasteiger charge is 2.22. The lowest BCUT2D eigenvalue weighted by molar-refractivity contribution is 0.569. The molecule has 8 heteroatoms. The summed E-state index contributed by atoms with van der Waals surface area (Å²) in [5.74, 6) is 0. The van der Waals surface area contributed by atoms with Crippen LogP contribution in [-0.2, 0) is 35.3 Å². The fourth-order valence-corrected chi connectivity index (χ4v) is 7.32. The van der Waals surface area contributed by atoms with Gasteiger partial charge in [-0.15, -0.1) is 0 Å². The van der Waals surface area contributed by atoms with Gasteiger partial charge in [0.25, 0.3) is 0 Å². The van der Waals surface area contributed by atoms with Crippen molar-refractivity contribution >= 4 is 61.9 Å². The van der Waals surface area contributed by atoms with E-state index in [4.69, 9.17) is 9.97 Å². The Morgan fingerprint density at radius 2 is 1.05 bits per heavy atom. The first-order valence-electron chi connectivity index (χ1n) is 13.4. The smallest absolute Gasteiger partial charge is 0.146 e. The fraction of sp³-hybridized carbons (Fsp3) is 0.125. The Morgan fingerprint density at radius 3 is 1.50 bits per heavy atom. The second kappa shape index (κ2) is 9.30. The molecule has 0 amide bonds. The number of imidazole rings is 2. The van der Waals surface area contributed by atoms with Crippen LogP contribution in [0.4, 0.5) is 0 Å².